The molecule has 0 bridgehead atoms. The Morgan fingerprint density at radius 3 is 2.65 bits per heavy atom. The van der Waals surface area contributed by atoms with Gasteiger partial charge in [0.2, 0.25) is 0 Å². The third-order valence-corrected chi connectivity index (χ3v) is 5.26. The van der Waals surface area contributed by atoms with Gasteiger partial charge in [0.25, 0.3) is 5.91 Å². The summed E-state index contributed by atoms with van der Waals surface area (Å²) in [6.45, 7) is 3.63. The van der Waals surface area contributed by atoms with Crippen LogP contribution in [0.1, 0.15) is 27.3 Å². The van der Waals surface area contributed by atoms with Crippen LogP contribution in [0, 0.1) is 12.7 Å². The lowest BCUT2D eigenvalue weighted by Crippen LogP contribution is -2.32. The normalized spacial score (nSPS) is 13.7. The van der Waals surface area contributed by atoms with E-state index in [0.717, 1.165) is 17.0 Å². The average Bonchev–Trinajstić information content (AvgIpc) is 3.29. The number of anilines is 1. The van der Waals surface area contributed by atoms with E-state index in [4.69, 9.17) is 0 Å². The zero-order chi connectivity index (χ0) is 22.0. The summed E-state index contributed by atoms with van der Waals surface area (Å²) < 4.78 is 14.9. The molecule has 4 rings (SSSR count). The van der Waals surface area contributed by atoms with Crippen molar-refractivity contribution in [2.24, 2.45) is 7.05 Å². The summed E-state index contributed by atoms with van der Waals surface area (Å²) in [6, 6.07) is 11.0. The summed E-state index contributed by atoms with van der Waals surface area (Å²) in [7, 11) is 1.85. The molecular weight excluding hydrogens is 399 g/mol. The monoisotopic (exact) mass is 422 g/mol. The molecular formula is C22H23FN6O2. The van der Waals surface area contributed by atoms with Crippen molar-refractivity contribution in [1.82, 2.24) is 25.0 Å². The van der Waals surface area contributed by atoms with Crippen LogP contribution in [0.2, 0.25) is 0 Å². The number of carbonyl (C=O) groups excluding carboxylic acids is 2. The number of amides is 3. The summed E-state index contributed by atoms with van der Waals surface area (Å²) in [5, 5.41) is 7.17. The molecule has 0 radical (unpaired) electrons. The topological polar surface area (TPSA) is 83.4 Å². The van der Waals surface area contributed by atoms with E-state index in [0.29, 0.717) is 37.6 Å². The Kier molecular flexibility index (Phi) is 5.66. The van der Waals surface area contributed by atoms with Gasteiger partial charge in [-0.25, -0.2) is 14.2 Å². The number of aromatic nitrogens is 3. The minimum absolute atomic E-state index is 0.196. The Hall–Kier alpha value is -3.75. The van der Waals surface area contributed by atoms with E-state index in [1.54, 1.807) is 38.7 Å². The number of halogens is 1. The highest BCUT2D eigenvalue weighted by molar-refractivity contribution is 5.97. The molecule has 1 N–H and O–H groups in total. The predicted octanol–water partition coefficient (Wildman–Crippen LogP) is 2.63. The number of rotatable bonds is 6. The SMILES string of the molecule is Cc1cc(CNC(=O)c2ccnc(N3CCN(Cc4ccc(F)cc4)C3=O)c2)nn1C. The highest BCUT2D eigenvalue weighted by atomic mass is 19.1. The Morgan fingerprint density at radius 2 is 1.94 bits per heavy atom. The van der Waals surface area contributed by atoms with Crippen molar-refractivity contribution < 1.29 is 14.0 Å². The number of nitrogens with one attached hydrogen (secondary N) is 1. The molecule has 2 aromatic heterocycles. The predicted molar refractivity (Wildman–Crippen MR) is 113 cm³/mol. The highest BCUT2D eigenvalue weighted by Crippen LogP contribution is 2.21. The van der Waals surface area contributed by atoms with Crippen LogP contribution >= 0.6 is 0 Å². The molecule has 0 unspecified atom stereocenters. The quantitative estimate of drug-likeness (QED) is 0.662. The maximum absolute atomic E-state index is 13.1. The van der Waals surface area contributed by atoms with Gasteiger partial charge in [-0.1, -0.05) is 12.1 Å². The fourth-order valence-corrected chi connectivity index (χ4v) is 3.45. The van der Waals surface area contributed by atoms with E-state index in [9.17, 15) is 14.0 Å². The number of carbonyl (C=O) groups is 2. The summed E-state index contributed by atoms with van der Waals surface area (Å²) in [5.41, 5.74) is 3.05. The number of urea groups is 1. The molecule has 0 atom stereocenters. The second kappa shape index (κ2) is 8.55. The molecule has 9 heteroatoms. The van der Waals surface area contributed by atoms with Crippen molar-refractivity contribution in [3.05, 3.63) is 77.0 Å². The molecule has 31 heavy (non-hydrogen) atoms. The summed E-state index contributed by atoms with van der Waals surface area (Å²) >= 11 is 0. The van der Waals surface area contributed by atoms with Gasteiger partial charge < -0.3 is 10.2 Å². The molecule has 1 aliphatic heterocycles. The third-order valence-electron chi connectivity index (χ3n) is 5.26. The first-order valence-corrected chi connectivity index (χ1v) is 9.95. The third kappa shape index (κ3) is 4.55. The van der Waals surface area contributed by atoms with Gasteiger partial charge in [0.1, 0.15) is 11.6 Å². The number of aryl methyl sites for hydroxylation is 2. The second-order valence-corrected chi connectivity index (χ2v) is 7.47. The number of hydrogen-bond acceptors (Lipinski definition) is 4. The van der Waals surface area contributed by atoms with Crippen molar-refractivity contribution in [2.45, 2.75) is 20.0 Å². The van der Waals surface area contributed by atoms with Gasteiger partial charge in [-0.3, -0.25) is 14.4 Å². The number of pyridine rings is 1. The highest BCUT2D eigenvalue weighted by Gasteiger charge is 2.30. The van der Waals surface area contributed by atoms with Crippen molar-refractivity contribution in [2.75, 3.05) is 18.0 Å². The van der Waals surface area contributed by atoms with Crippen LogP contribution in [0.25, 0.3) is 0 Å². The standard InChI is InChI=1S/C22H23FN6O2/c1-15-11-19(26-27(15)2)13-25-21(30)17-7-8-24-20(12-17)29-10-9-28(22(29)31)14-16-3-5-18(23)6-4-16/h3-8,11-12H,9-10,13-14H2,1-2H3,(H,25,30). The fourth-order valence-electron chi connectivity index (χ4n) is 3.45. The minimum Gasteiger partial charge on any atom is -0.346 e. The van der Waals surface area contributed by atoms with Crippen molar-refractivity contribution >= 4 is 17.8 Å². The first kappa shape index (κ1) is 20.5. The molecule has 0 spiro atoms. The first-order valence-electron chi connectivity index (χ1n) is 9.95. The molecule has 1 aromatic carbocycles. The zero-order valence-electron chi connectivity index (χ0n) is 17.4. The minimum atomic E-state index is -0.310. The molecule has 1 fully saturated rings. The number of nitrogens with zero attached hydrogens (tertiary/aromatic N) is 5. The second-order valence-electron chi connectivity index (χ2n) is 7.47. The maximum atomic E-state index is 13.1. The summed E-state index contributed by atoms with van der Waals surface area (Å²) in [6.07, 6.45) is 1.52. The zero-order valence-corrected chi connectivity index (χ0v) is 17.4. The van der Waals surface area contributed by atoms with E-state index >= 15 is 0 Å². The van der Waals surface area contributed by atoms with Gasteiger partial charge in [0.05, 0.1) is 12.2 Å². The van der Waals surface area contributed by atoms with E-state index < -0.39 is 0 Å². The van der Waals surface area contributed by atoms with Crippen molar-refractivity contribution in [1.29, 1.82) is 0 Å². The van der Waals surface area contributed by atoms with Crippen LogP contribution < -0.4 is 10.2 Å². The lowest BCUT2D eigenvalue weighted by Gasteiger charge is -2.18. The molecule has 3 heterocycles. The molecule has 1 aliphatic rings. The number of benzene rings is 1. The van der Waals surface area contributed by atoms with Crippen LogP contribution in [-0.4, -0.2) is 44.7 Å². The van der Waals surface area contributed by atoms with Gasteiger partial charge in [0, 0.05) is 44.1 Å². The van der Waals surface area contributed by atoms with Gasteiger partial charge >= 0.3 is 6.03 Å². The first-order chi connectivity index (χ1) is 14.9. The van der Waals surface area contributed by atoms with Gasteiger partial charge in [-0.15, -0.1) is 0 Å². The Labute approximate surface area is 179 Å². The van der Waals surface area contributed by atoms with Crippen molar-refractivity contribution in [3.8, 4) is 0 Å². The van der Waals surface area contributed by atoms with Crippen LogP contribution in [0.5, 0.6) is 0 Å². The molecule has 3 amide bonds. The Morgan fingerprint density at radius 1 is 1.16 bits per heavy atom. The van der Waals surface area contributed by atoms with Gasteiger partial charge in [-0.2, -0.15) is 5.10 Å². The van der Waals surface area contributed by atoms with Gasteiger partial charge in [0.15, 0.2) is 0 Å². The summed E-state index contributed by atoms with van der Waals surface area (Å²) in [4.78, 5) is 32.9. The fraction of sp³-hybridized carbons (Fsp3) is 0.273. The van der Waals surface area contributed by atoms with Crippen LogP contribution in [0.15, 0.2) is 48.7 Å². The largest absolute Gasteiger partial charge is 0.346 e. The van der Waals surface area contributed by atoms with E-state index in [1.165, 1.54) is 18.3 Å². The van der Waals surface area contributed by atoms with E-state index in [-0.39, 0.29) is 17.8 Å². The Bertz CT molecular complexity index is 1090. The lowest BCUT2D eigenvalue weighted by atomic mass is 10.2. The average molecular weight is 422 g/mol. The van der Waals surface area contributed by atoms with Crippen LogP contribution in [-0.2, 0) is 20.1 Å². The molecule has 3 aromatic rings. The molecule has 0 aliphatic carbocycles. The number of hydrogen-bond donors (Lipinski definition) is 1. The molecule has 160 valence electrons. The van der Waals surface area contributed by atoms with E-state index in [2.05, 4.69) is 15.4 Å². The van der Waals surface area contributed by atoms with Crippen molar-refractivity contribution in [3.63, 3.8) is 0 Å². The molecule has 0 saturated carbocycles. The van der Waals surface area contributed by atoms with E-state index in [1.807, 2.05) is 20.0 Å². The smallest absolute Gasteiger partial charge is 0.326 e. The van der Waals surface area contributed by atoms with Gasteiger partial charge in [-0.05, 0) is 42.8 Å². The van der Waals surface area contributed by atoms with Crippen LogP contribution in [0.3, 0.4) is 0 Å². The maximum Gasteiger partial charge on any atom is 0.326 e. The Balaban J connectivity index is 1.41. The molecule has 8 nitrogen and oxygen atoms in total. The lowest BCUT2D eigenvalue weighted by molar-refractivity contribution is 0.0950. The molecule has 1 saturated heterocycles. The summed E-state index contributed by atoms with van der Waals surface area (Å²) in [5.74, 6) is -0.148. The van der Waals surface area contributed by atoms with Crippen LogP contribution in [0.4, 0.5) is 15.0 Å².